The number of carbonyl (C=O) groups is 1. The normalized spacial score (nSPS) is 21.7. The molecule has 0 radical (unpaired) electrons. The first-order valence-electron chi connectivity index (χ1n) is 10.0. The number of benzene rings is 2. The van der Waals surface area contributed by atoms with Crippen LogP contribution in [0.4, 0.5) is 0 Å². The highest BCUT2D eigenvalue weighted by Crippen LogP contribution is 2.34. The molecule has 5 heteroatoms. The van der Waals surface area contributed by atoms with E-state index in [0.717, 1.165) is 55.9 Å². The summed E-state index contributed by atoms with van der Waals surface area (Å²) >= 11 is 0. The number of nitrogens with zero attached hydrogens (tertiary/aromatic N) is 1. The number of hydrogen-bond acceptors (Lipinski definition) is 4. The summed E-state index contributed by atoms with van der Waals surface area (Å²) < 4.78 is 16.6. The van der Waals surface area contributed by atoms with Gasteiger partial charge < -0.3 is 19.1 Å². The van der Waals surface area contributed by atoms with Crippen LogP contribution in [-0.2, 0) is 4.74 Å². The Hall–Kier alpha value is -2.53. The van der Waals surface area contributed by atoms with Crippen molar-refractivity contribution in [3.63, 3.8) is 0 Å². The number of amides is 1. The third-order valence-electron chi connectivity index (χ3n) is 5.58. The van der Waals surface area contributed by atoms with Crippen LogP contribution in [0.25, 0.3) is 0 Å². The number of carbonyl (C=O) groups excluding carboxylic acids is 1. The second kappa shape index (κ2) is 8.65. The molecule has 2 atom stereocenters. The van der Waals surface area contributed by atoms with E-state index in [9.17, 15) is 4.79 Å². The molecule has 148 valence electrons. The lowest BCUT2D eigenvalue weighted by Crippen LogP contribution is -2.30. The van der Waals surface area contributed by atoms with Gasteiger partial charge in [-0.15, -0.1) is 0 Å². The van der Waals surface area contributed by atoms with Gasteiger partial charge in [-0.3, -0.25) is 4.79 Å². The van der Waals surface area contributed by atoms with Gasteiger partial charge in [0, 0.05) is 18.7 Å². The highest BCUT2D eigenvalue weighted by atomic mass is 16.5. The second-order valence-corrected chi connectivity index (χ2v) is 7.40. The molecule has 2 aromatic rings. The summed E-state index contributed by atoms with van der Waals surface area (Å²) in [6.45, 7) is 2.18. The molecular weight excluding hydrogens is 354 g/mol. The molecule has 2 unspecified atom stereocenters. The Morgan fingerprint density at radius 1 is 1.04 bits per heavy atom. The lowest BCUT2D eigenvalue weighted by Gasteiger charge is -2.25. The Kier molecular flexibility index (Phi) is 5.81. The van der Waals surface area contributed by atoms with Crippen LogP contribution in [0.1, 0.15) is 47.6 Å². The number of likely N-dealkylation sites (tertiary alicyclic amines) is 1. The molecule has 0 aliphatic carbocycles. The van der Waals surface area contributed by atoms with Crippen molar-refractivity contribution in [1.29, 1.82) is 0 Å². The zero-order valence-electron chi connectivity index (χ0n) is 16.3. The number of methoxy groups -OCH3 is 1. The molecule has 0 spiro atoms. The van der Waals surface area contributed by atoms with Gasteiger partial charge in [-0.2, -0.15) is 0 Å². The maximum Gasteiger partial charge on any atom is 0.254 e. The third-order valence-corrected chi connectivity index (χ3v) is 5.58. The van der Waals surface area contributed by atoms with Crippen LogP contribution in [-0.4, -0.2) is 43.8 Å². The van der Waals surface area contributed by atoms with Crippen molar-refractivity contribution in [1.82, 2.24) is 4.90 Å². The van der Waals surface area contributed by atoms with Crippen LogP contribution in [0.5, 0.6) is 11.5 Å². The van der Waals surface area contributed by atoms with E-state index in [-0.39, 0.29) is 18.1 Å². The molecule has 0 N–H and O–H groups in total. The van der Waals surface area contributed by atoms with E-state index in [1.54, 1.807) is 7.11 Å². The van der Waals surface area contributed by atoms with Crippen molar-refractivity contribution < 1.29 is 19.0 Å². The first-order valence-corrected chi connectivity index (χ1v) is 10.0. The highest BCUT2D eigenvalue weighted by molar-refractivity contribution is 5.94. The van der Waals surface area contributed by atoms with E-state index in [4.69, 9.17) is 14.2 Å². The number of rotatable bonds is 6. The lowest BCUT2D eigenvalue weighted by atomic mass is 10.0. The van der Waals surface area contributed by atoms with Crippen molar-refractivity contribution in [3.05, 3.63) is 59.7 Å². The van der Waals surface area contributed by atoms with E-state index in [1.807, 2.05) is 41.3 Å². The van der Waals surface area contributed by atoms with E-state index in [1.165, 1.54) is 0 Å². The number of ether oxygens (including phenoxy) is 3. The average molecular weight is 381 g/mol. The van der Waals surface area contributed by atoms with Gasteiger partial charge in [0.2, 0.25) is 0 Å². The zero-order chi connectivity index (χ0) is 19.3. The summed E-state index contributed by atoms with van der Waals surface area (Å²) in [6.07, 6.45) is 4.35. The minimum Gasteiger partial charge on any atom is -0.497 e. The fourth-order valence-electron chi connectivity index (χ4n) is 4.01. The molecule has 2 saturated heterocycles. The predicted molar refractivity (Wildman–Crippen MR) is 107 cm³/mol. The monoisotopic (exact) mass is 381 g/mol. The fourth-order valence-corrected chi connectivity index (χ4v) is 4.01. The van der Waals surface area contributed by atoms with Crippen molar-refractivity contribution >= 4 is 5.91 Å². The minimum absolute atomic E-state index is 0.0731. The van der Waals surface area contributed by atoms with Crippen LogP contribution in [0.3, 0.4) is 0 Å². The Bertz CT molecular complexity index is 781. The first kappa shape index (κ1) is 18.8. The molecule has 2 fully saturated rings. The molecule has 0 bridgehead atoms. The third kappa shape index (κ3) is 4.14. The molecule has 0 saturated carbocycles. The Morgan fingerprint density at radius 2 is 1.79 bits per heavy atom. The molecule has 1 amide bonds. The van der Waals surface area contributed by atoms with Gasteiger partial charge in [-0.05, 0) is 67.6 Å². The van der Waals surface area contributed by atoms with Crippen molar-refractivity contribution in [2.45, 2.75) is 37.8 Å². The molecule has 0 aromatic heterocycles. The van der Waals surface area contributed by atoms with Crippen molar-refractivity contribution in [3.8, 4) is 11.5 Å². The summed E-state index contributed by atoms with van der Waals surface area (Å²) in [5.74, 6) is 1.68. The maximum absolute atomic E-state index is 13.1. The Labute approximate surface area is 166 Å². The molecule has 2 aliphatic heterocycles. The predicted octanol–water partition coefficient (Wildman–Crippen LogP) is 4.23. The lowest BCUT2D eigenvalue weighted by molar-refractivity contribution is 0.0678. The van der Waals surface area contributed by atoms with Gasteiger partial charge in [0.1, 0.15) is 18.1 Å². The van der Waals surface area contributed by atoms with E-state index < -0.39 is 0 Å². The maximum atomic E-state index is 13.1. The smallest absolute Gasteiger partial charge is 0.254 e. The zero-order valence-corrected chi connectivity index (χ0v) is 16.3. The van der Waals surface area contributed by atoms with Crippen LogP contribution in [0.15, 0.2) is 48.5 Å². The summed E-state index contributed by atoms with van der Waals surface area (Å²) in [5.41, 5.74) is 1.85. The van der Waals surface area contributed by atoms with Gasteiger partial charge in [-0.25, -0.2) is 0 Å². The minimum atomic E-state index is 0.0731. The van der Waals surface area contributed by atoms with Gasteiger partial charge in [0.15, 0.2) is 0 Å². The molecule has 2 aliphatic rings. The second-order valence-electron chi connectivity index (χ2n) is 7.40. The molecule has 2 heterocycles. The fraction of sp³-hybridized carbons (Fsp3) is 0.435. The molecule has 5 nitrogen and oxygen atoms in total. The first-order chi connectivity index (χ1) is 13.7. The van der Waals surface area contributed by atoms with E-state index in [0.29, 0.717) is 12.2 Å². The van der Waals surface area contributed by atoms with E-state index >= 15 is 0 Å². The van der Waals surface area contributed by atoms with Crippen LogP contribution in [0.2, 0.25) is 0 Å². The molecular formula is C23H27NO4. The molecule has 28 heavy (non-hydrogen) atoms. The largest absolute Gasteiger partial charge is 0.497 e. The Morgan fingerprint density at radius 3 is 2.46 bits per heavy atom. The van der Waals surface area contributed by atoms with Crippen LogP contribution in [0, 0.1) is 0 Å². The van der Waals surface area contributed by atoms with Gasteiger partial charge in [0.05, 0.1) is 19.3 Å². The SMILES string of the molecule is COc1ccc(C2CCCN2C(=O)c2ccc(OCC3CCCO3)cc2)cc1. The van der Waals surface area contributed by atoms with Crippen LogP contribution >= 0.6 is 0 Å². The summed E-state index contributed by atoms with van der Waals surface area (Å²) in [6, 6.07) is 15.6. The van der Waals surface area contributed by atoms with E-state index in [2.05, 4.69) is 12.1 Å². The standard InChI is InChI=1S/C23H27NO4/c1-26-19-10-6-17(7-11-19)22-5-2-14-24(22)23(25)18-8-12-20(13-9-18)28-16-21-4-3-15-27-21/h6-13,21-22H,2-5,14-16H2,1H3. The Balaban J connectivity index is 1.40. The summed E-state index contributed by atoms with van der Waals surface area (Å²) in [5, 5.41) is 0. The van der Waals surface area contributed by atoms with Crippen LogP contribution < -0.4 is 9.47 Å². The topological polar surface area (TPSA) is 48.0 Å². The molecule has 4 rings (SSSR count). The van der Waals surface area contributed by atoms with Gasteiger partial charge >= 0.3 is 0 Å². The van der Waals surface area contributed by atoms with Gasteiger partial charge in [-0.1, -0.05) is 12.1 Å². The van der Waals surface area contributed by atoms with Crippen molar-refractivity contribution in [2.24, 2.45) is 0 Å². The quantitative estimate of drug-likeness (QED) is 0.751. The summed E-state index contributed by atoms with van der Waals surface area (Å²) in [7, 11) is 1.66. The number of hydrogen-bond donors (Lipinski definition) is 0. The molecule has 2 aromatic carbocycles. The van der Waals surface area contributed by atoms with Gasteiger partial charge in [0.25, 0.3) is 5.91 Å². The highest BCUT2D eigenvalue weighted by Gasteiger charge is 2.30. The summed E-state index contributed by atoms with van der Waals surface area (Å²) in [4.78, 5) is 15.0. The van der Waals surface area contributed by atoms with Crippen molar-refractivity contribution in [2.75, 3.05) is 26.9 Å². The average Bonchev–Trinajstić information content (AvgIpc) is 3.44.